The maximum atomic E-state index is 3.60. The summed E-state index contributed by atoms with van der Waals surface area (Å²) in [5.74, 6) is 0. The number of nitrogens with zero attached hydrogens (tertiary/aromatic N) is 1. The molecule has 0 saturated heterocycles. The largest absolute Gasteiger partial charge is 0.356 e. The zero-order valence-corrected chi connectivity index (χ0v) is 27.5. The van der Waals surface area contributed by atoms with E-state index in [0.717, 1.165) is 17.1 Å². The first-order valence-corrected chi connectivity index (χ1v) is 17.1. The number of rotatable bonds is 7. The van der Waals surface area contributed by atoms with Crippen LogP contribution in [0.2, 0.25) is 0 Å². The molecule has 0 amide bonds. The number of hydrogen-bond donors (Lipinski definition) is 1. The Morgan fingerprint density at radius 2 is 0.760 bits per heavy atom. The summed E-state index contributed by atoms with van der Waals surface area (Å²) in [6.07, 6.45) is 0. The van der Waals surface area contributed by atoms with Crippen molar-refractivity contribution >= 4 is 33.2 Å². The van der Waals surface area contributed by atoms with Crippen LogP contribution in [0.4, 0.5) is 11.4 Å². The van der Waals surface area contributed by atoms with Gasteiger partial charge in [-0.05, 0) is 99.1 Å². The molecular formula is C48H34N2. The average molecular weight is 639 g/mol. The molecule has 0 saturated carbocycles. The van der Waals surface area contributed by atoms with Crippen LogP contribution in [0.1, 0.15) is 0 Å². The lowest BCUT2D eigenvalue weighted by Gasteiger charge is -2.14. The molecule has 0 fully saturated rings. The average Bonchev–Trinajstić information content (AvgIpc) is 3.53. The van der Waals surface area contributed by atoms with Gasteiger partial charge in [0, 0.05) is 27.8 Å². The van der Waals surface area contributed by atoms with Gasteiger partial charge in [0.1, 0.15) is 0 Å². The van der Waals surface area contributed by atoms with Gasteiger partial charge in [-0.15, -0.1) is 0 Å². The zero-order valence-electron chi connectivity index (χ0n) is 27.5. The molecule has 0 atom stereocenters. The third kappa shape index (κ3) is 5.53. The normalized spacial score (nSPS) is 11.2. The monoisotopic (exact) mass is 638 g/mol. The maximum Gasteiger partial charge on any atom is 0.0541 e. The second kappa shape index (κ2) is 12.8. The van der Waals surface area contributed by atoms with Crippen LogP contribution < -0.4 is 5.32 Å². The van der Waals surface area contributed by atoms with E-state index in [1.54, 1.807) is 0 Å². The van der Waals surface area contributed by atoms with Gasteiger partial charge in [0.15, 0.2) is 0 Å². The van der Waals surface area contributed by atoms with Gasteiger partial charge in [0.05, 0.1) is 11.0 Å². The fourth-order valence-electron chi connectivity index (χ4n) is 7.13. The molecule has 2 nitrogen and oxygen atoms in total. The molecule has 0 aliphatic rings. The first-order chi connectivity index (χ1) is 24.8. The van der Waals surface area contributed by atoms with Crippen molar-refractivity contribution < 1.29 is 0 Å². The Kier molecular flexibility index (Phi) is 7.53. The van der Waals surface area contributed by atoms with Crippen LogP contribution in [0.25, 0.3) is 72.0 Å². The maximum absolute atomic E-state index is 3.60. The van der Waals surface area contributed by atoms with E-state index in [1.165, 1.54) is 66.3 Å². The molecule has 9 rings (SSSR count). The Labute approximate surface area is 292 Å². The van der Waals surface area contributed by atoms with Crippen LogP contribution in [-0.2, 0) is 0 Å². The number of aromatic nitrogens is 1. The lowest BCUT2D eigenvalue weighted by atomic mass is 9.91. The van der Waals surface area contributed by atoms with Crippen LogP contribution in [0, 0.1) is 0 Å². The van der Waals surface area contributed by atoms with Gasteiger partial charge in [-0.3, -0.25) is 0 Å². The molecule has 9 aromatic rings. The molecule has 236 valence electrons. The zero-order chi connectivity index (χ0) is 33.3. The predicted octanol–water partition coefficient (Wildman–Crippen LogP) is 13.2. The minimum absolute atomic E-state index is 1.05. The third-order valence-electron chi connectivity index (χ3n) is 9.60. The molecule has 0 aliphatic heterocycles. The van der Waals surface area contributed by atoms with Gasteiger partial charge in [0.25, 0.3) is 0 Å². The van der Waals surface area contributed by atoms with Crippen molar-refractivity contribution in [2.45, 2.75) is 0 Å². The van der Waals surface area contributed by atoms with Gasteiger partial charge < -0.3 is 9.88 Å². The molecule has 0 aliphatic carbocycles. The van der Waals surface area contributed by atoms with Crippen LogP contribution in [0.3, 0.4) is 0 Å². The van der Waals surface area contributed by atoms with Crippen LogP contribution in [0.5, 0.6) is 0 Å². The van der Waals surface area contributed by atoms with Crippen molar-refractivity contribution in [2.24, 2.45) is 0 Å². The van der Waals surface area contributed by atoms with Crippen molar-refractivity contribution in [2.75, 3.05) is 5.32 Å². The minimum atomic E-state index is 1.05. The van der Waals surface area contributed by atoms with Crippen molar-refractivity contribution in [1.29, 1.82) is 0 Å². The summed E-state index contributed by atoms with van der Waals surface area (Å²) < 4.78 is 2.37. The van der Waals surface area contributed by atoms with Crippen molar-refractivity contribution in [3.63, 3.8) is 0 Å². The summed E-state index contributed by atoms with van der Waals surface area (Å²) >= 11 is 0. The Balaban J connectivity index is 0.960. The molecule has 1 aromatic heterocycles. The minimum Gasteiger partial charge on any atom is -0.356 e. The second-order valence-electron chi connectivity index (χ2n) is 12.7. The summed E-state index contributed by atoms with van der Waals surface area (Å²) in [6, 6.07) is 71.6. The second-order valence-corrected chi connectivity index (χ2v) is 12.7. The van der Waals surface area contributed by atoms with E-state index in [2.05, 4.69) is 210 Å². The number of nitrogens with one attached hydrogen (secondary N) is 1. The SMILES string of the molecule is c1ccc(-c2ccc(-c3ccc(Nc4ccc(-c5cccc(-n6c7ccccc7c7ccccc76)c5)cc4)cc3)cc2-c2ccccc2)cc1. The van der Waals surface area contributed by atoms with E-state index in [0.29, 0.717) is 0 Å². The van der Waals surface area contributed by atoms with Gasteiger partial charge in [0.2, 0.25) is 0 Å². The molecule has 2 heteroatoms. The van der Waals surface area contributed by atoms with Gasteiger partial charge in [-0.2, -0.15) is 0 Å². The Hall–Kier alpha value is -6.64. The quantitative estimate of drug-likeness (QED) is 0.184. The van der Waals surface area contributed by atoms with Crippen molar-refractivity contribution in [3.05, 3.63) is 200 Å². The summed E-state index contributed by atoms with van der Waals surface area (Å²) in [6.45, 7) is 0. The molecule has 0 spiro atoms. The van der Waals surface area contributed by atoms with E-state index in [-0.39, 0.29) is 0 Å². The number of anilines is 2. The van der Waals surface area contributed by atoms with Crippen LogP contribution in [0.15, 0.2) is 200 Å². The van der Waals surface area contributed by atoms with E-state index < -0.39 is 0 Å². The molecular weight excluding hydrogens is 605 g/mol. The van der Waals surface area contributed by atoms with Gasteiger partial charge >= 0.3 is 0 Å². The van der Waals surface area contributed by atoms with Crippen LogP contribution in [-0.4, -0.2) is 4.57 Å². The molecule has 1 heterocycles. The number of fused-ring (bicyclic) bond motifs is 3. The van der Waals surface area contributed by atoms with E-state index in [4.69, 9.17) is 0 Å². The van der Waals surface area contributed by atoms with Crippen LogP contribution >= 0.6 is 0 Å². The predicted molar refractivity (Wildman–Crippen MR) is 212 cm³/mol. The molecule has 50 heavy (non-hydrogen) atoms. The molecule has 8 aromatic carbocycles. The number of benzene rings is 8. The number of para-hydroxylation sites is 2. The highest BCUT2D eigenvalue weighted by Crippen LogP contribution is 2.37. The third-order valence-corrected chi connectivity index (χ3v) is 9.60. The lowest BCUT2D eigenvalue weighted by Crippen LogP contribution is -1.94. The molecule has 1 N–H and O–H groups in total. The molecule has 0 radical (unpaired) electrons. The lowest BCUT2D eigenvalue weighted by molar-refractivity contribution is 1.18. The highest BCUT2D eigenvalue weighted by atomic mass is 15.0. The van der Waals surface area contributed by atoms with Gasteiger partial charge in [-0.1, -0.05) is 146 Å². The summed E-state index contributed by atoms with van der Waals surface area (Å²) in [5, 5.41) is 6.15. The summed E-state index contributed by atoms with van der Waals surface area (Å²) in [7, 11) is 0. The Bertz CT molecular complexity index is 2530. The summed E-state index contributed by atoms with van der Waals surface area (Å²) in [4.78, 5) is 0. The molecule has 0 bridgehead atoms. The topological polar surface area (TPSA) is 17.0 Å². The fraction of sp³-hybridized carbons (Fsp3) is 0. The highest BCUT2D eigenvalue weighted by molar-refractivity contribution is 6.09. The molecule has 0 unspecified atom stereocenters. The Morgan fingerprint density at radius 1 is 0.300 bits per heavy atom. The van der Waals surface area contributed by atoms with Gasteiger partial charge in [-0.25, -0.2) is 0 Å². The highest BCUT2D eigenvalue weighted by Gasteiger charge is 2.13. The Morgan fingerprint density at radius 3 is 1.34 bits per heavy atom. The van der Waals surface area contributed by atoms with E-state index >= 15 is 0 Å². The van der Waals surface area contributed by atoms with E-state index in [1.807, 2.05) is 0 Å². The van der Waals surface area contributed by atoms with Crippen molar-refractivity contribution in [1.82, 2.24) is 4.57 Å². The summed E-state index contributed by atoms with van der Waals surface area (Å²) in [5.41, 5.74) is 15.4. The fourth-order valence-corrected chi connectivity index (χ4v) is 7.13. The smallest absolute Gasteiger partial charge is 0.0541 e. The standard InChI is InChI=1S/C48H34N2/c1-3-12-36(13-4-1)43-31-26-39(33-46(43)37-14-5-2-6-15-37)35-24-29-41(30-25-35)49-40-27-22-34(23-28-40)38-16-11-17-42(32-38)50-47-20-9-7-18-44(47)45-19-8-10-21-48(45)50/h1-33,49H. The number of hydrogen-bond acceptors (Lipinski definition) is 1. The van der Waals surface area contributed by atoms with E-state index in [9.17, 15) is 0 Å². The first-order valence-electron chi connectivity index (χ1n) is 17.1. The first kappa shape index (κ1) is 29.5. The van der Waals surface area contributed by atoms with Crippen molar-refractivity contribution in [3.8, 4) is 50.2 Å².